The van der Waals surface area contributed by atoms with Crippen LogP contribution in [0.2, 0.25) is 4.34 Å². The first-order valence-electron chi connectivity index (χ1n) is 9.12. The average molecular weight is 509 g/mol. The molecule has 0 atom stereocenters. The number of nitrogens with zero attached hydrogens (tertiary/aromatic N) is 3. The Labute approximate surface area is 195 Å². The highest BCUT2D eigenvalue weighted by Crippen LogP contribution is 2.25. The van der Waals surface area contributed by atoms with Gasteiger partial charge in [-0.2, -0.15) is 0 Å². The Hall–Kier alpha value is -3.55. The highest BCUT2D eigenvalue weighted by Gasteiger charge is 2.20. The summed E-state index contributed by atoms with van der Waals surface area (Å²) in [4.78, 5) is 32.9. The average Bonchev–Trinajstić information content (AvgIpc) is 3.21. The van der Waals surface area contributed by atoms with Gasteiger partial charge in [0.25, 0.3) is 15.6 Å². The molecule has 0 fully saturated rings. The Bertz CT molecular complexity index is 1550. The quantitative estimate of drug-likeness (QED) is 0.376. The SMILES string of the molecule is CNc1ccc2c(=O)n(-c3ncc(NC(=O)NS(=O)(=O)c4ccc(Cl)s4)cc3F)cnc2c1. The fourth-order valence-electron chi connectivity index (χ4n) is 2.88. The minimum atomic E-state index is -4.15. The maximum atomic E-state index is 14.7. The number of carbonyl (C=O) groups excluding carboxylic acids is 1. The van der Waals surface area contributed by atoms with E-state index in [-0.39, 0.29) is 25.4 Å². The maximum Gasteiger partial charge on any atom is 0.333 e. The number of fused-ring (bicyclic) bond motifs is 1. The van der Waals surface area contributed by atoms with E-state index in [4.69, 9.17) is 11.6 Å². The predicted molar refractivity (Wildman–Crippen MR) is 123 cm³/mol. The first kappa shape index (κ1) is 22.6. The lowest BCUT2D eigenvalue weighted by atomic mass is 10.2. The number of amides is 2. The van der Waals surface area contributed by atoms with Gasteiger partial charge < -0.3 is 10.6 Å². The normalized spacial score (nSPS) is 11.4. The molecule has 0 aliphatic carbocycles. The summed E-state index contributed by atoms with van der Waals surface area (Å²) in [6.45, 7) is 0. The van der Waals surface area contributed by atoms with Gasteiger partial charge in [0.1, 0.15) is 10.5 Å². The van der Waals surface area contributed by atoms with Crippen molar-refractivity contribution >= 4 is 61.3 Å². The molecule has 0 aliphatic rings. The lowest BCUT2D eigenvalue weighted by Gasteiger charge is -2.10. The number of urea groups is 1. The number of sulfonamides is 1. The number of carbonyl (C=O) groups is 1. The van der Waals surface area contributed by atoms with E-state index in [2.05, 4.69) is 20.6 Å². The van der Waals surface area contributed by atoms with Crippen LogP contribution in [0.4, 0.5) is 20.6 Å². The Morgan fingerprint density at radius 3 is 2.61 bits per heavy atom. The molecular formula is C19H14ClFN6O4S2. The van der Waals surface area contributed by atoms with Crippen LogP contribution < -0.4 is 20.9 Å². The van der Waals surface area contributed by atoms with Crippen molar-refractivity contribution in [1.82, 2.24) is 19.3 Å². The standard InChI is InChI=1S/C19H14ClFN6O4S2/c1-22-10-2-3-12-14(7-10)24-9-27(18(12)28)17-13(21)6-11(8-23-17)25-19(29)26-33(30,31)16-5-4-15(20)32-16/h2-9,22H,1H3,(H2,25,26,29). The molecule has 0 radical (unpaired) electrons. The van der Waals surface area contributed by atoms with Crippen LogP contribution in [-0.2, 0) is 10.0 Å². The van der Waals surface area contributed by atoms with Crippen LogP contribution in [0.1, 0.15) is 0 Å². The molecule has 14 heteroatoms. The van der Waals surface area contributed by atoms with Crippen molar-refractivity contribution in [3.05, 3.63) is 69.4 Å². The van der Waals surface area contributed by atoms with Crippen molar-refractivity contribution in [2.24, 2.45) is 0 Å². The Morgan fingerprint density at radius 1 is 1.15 bits per heavy atom. The van der Waals surface area contributed by atoms with E-state index in [9.17, 15) is 22.4 Å². The third-order valence-electron chi connectivity index (χ3n) is 4.40. The van der Waals surface area contributed by atoms with Crippen molar-refractivity contribution in [3.8, 4) is 5.82 Å². The summed E-state index contributed by atoms with van der Waals surface area (Å²) in [6, 6.07) is 7.31. The molecule has 4 aromatic rings. The number of rotatable bonds is 5. The Kier molecular flexibility index (Phi) is 6.01. The molecule has 0 unspecified atom stereocenters. The molecule has 2 amide bonds. The fourth-order valence-corrected chi connectivity index (χ4v) is 5.27. The monoisotopic (exact) mass is 508 g/mol. The summed E-state index contributed by atoms with van der Waals surface area (Å²) >= 11 is 6.49. The molecule has 0 aliphatic heterocycles. The summed E-state index contributed by atoms with van der Waals surface area (Å²) in [7, 11) is -2.42. The second kappa shape index (κ2) is 8.77. The van der Waals surface area contributed by atoms with Gasteiger partial charge in [-0.05, 0) is 30.3 Å². The Balaban J connectivity index is 1.57. The second-order valence-electron chi connectivity index (χ2n) is 6.55. The summed E-state index contributed by atoms with van der Waals surface area (Å²) in [6.07, 6.45) is 2.22. The third-order valence-corrected chi connectivity index (χ3v) is 7.45. The molecule has 3 heterocycles. The van der Waals surface area contributed by atoms with Crippen LogP contribution in [0.15, 0.2) is 57.9 Å². The van der Waals surface area contributed by atoms with E-state index >= 15 is 0 Å². The Morgan fingerprint density at radius 2 is 1.94 bits per heavy atom. The van der Waals surface area contributed by atoms with E-state index in [0.29, 0.717) is 5.52 Å². The van der Waals surface area contributed by atoms with E-state index < -0.39 is 27.4 Å². The van der Waals surface area contributed by atoms with E-state index in [0.717, 1.165) is 40.2 Å². The smallest absolute Gasteiger partial charge is 0.333 e. The van der Waals surface area contributed by atoms with Gasteiger partial charge in [-0.3, -0.25) is 4.79 Å². The van der Waals surface area contributed by atoms with Crippen molar-refractivity contribution in [1.29, 1.82) is 0 Å². The van der Waals surface area contributed by atoms with Gasteiger partial charge in [0.2, 0.25) is 0 Å². The first-order valence-corrected chi connectivity index (χ1v) is 11.8. The van der Waals surface area contributed by atoms with Gasteiger partial charge in [0, 0.05) is 18.8 Å². The van der Waals surface area contributed by atoms with Crippen molar-refractivity contribution in [2.45, 2.75) is 4.21 Å². The zero-order valence-corrected chi connectivity index (χ0v) is 19.1. The van der Waals surface area contributed by atoms with Gasteiger partial charge in [0.15, 0.2) is 11.6 Å². The van der Waals surface area contributed by atoms with Crippen molar-refractivity contribution in [3.63, 3.8) is 0 Å². The largest absolute Gasteiger partial charge is 0.388 e. The molecular weight excluding hydrogens is 495 g/mol. The number of hydrogen-bond acceptors (Lipinski definition) is 8. The van der Waals surface area contributed by atoms with Crippen LogP contribution in [0.5, 0.6) is 0 Å². The van der Waals surface area contributed by atoms with Crippen LogP contribution in [-0.4, -0.2) is 36.0 Å². The number of thiophene rings is 1. The first-order chi connectivity index (χ1) is 15.7. The fraction of sp³-hybridized carbons (Fsp3) is 0.0526. The number of halogens is 2. The van der Waals surface area contributed by atoms with Gasteiger partial charge in [-0.25, -0.2) is 36.9 Å². The molecule has 0 spiro atoms. The maximum absolute atomic E-state index is 14.7. The van der Waals surface area contributed by atoms with Crippen LogP contribution in [0.25, 0.3) is 16.7 Å². The number of aromatic nitrogens is 3. The third kappa shape index (κ3) is 4.65. The second-order valence-corrected chi connectivity index (χ2v) is 10.2. The minimum absolute atomic E-state index is 0.131. The molecule has 0 saturated carbocycles. The zero-order valence-electron chi connectivity index (χ0n) is 16.7. The predicted octanol–water partition coefficient (Wildman–Crippen LogP) is 3.19. The highest BCUT2D eigenvalue weighted by molar-refractivity contribution is 7.92. The molecule has 3 N–H and O–H groups in total. The molecule has 3 aromatic heterocycles. The lowest BCUT2D eigenvalue weighted by molar-refractivity contribution is 0.256. The van der Waals surface area contributed by atoms with Crippen LogP contribution in [0, 0.1) is 5.82 Å². The number of pyridine rings is 1. The van der Waals surface area contributed by atoms with E-state index in [1.807, 2.05) is 0 Å². The van der Waals surface area contributed by atoms with Crippen LogP contribution >= 0.6 is 22.9 Å². The molecule has 10 nitrogen and oxygen atoms in total. The van der Waals surface area contributed by atoms with Crippen LogP contribution in [0.3, 0.4) is 0 Å². The van der Waals surface area contributed by atoms with Gasteiger partial charge in [-0.15, -0.1) is 11.3 Å². The number of benzene rings is 1. The van der Waals surface area contributed by atoms with E-state index in [1.165, 1.54) is 12.1 Å². The molecule has 170 valence electrons. The summed E-state index contributed by atoms with van der Waals surface area (Å²) in [5.41, 5.74) is 0.517. The van der Waals surface area contributed by atoms with Crippen molar-refractivity contribution in [2.75, 3.05) is 17.7 Å². The summed E-state index contributed by atoms with van der Waals surface area (Å²) in [5.74, 6) is -1.27. The van der Waals surface area contributed by atoms with Gasteiger partial charge in [0.05, 0.1) is 27.1 Å². The molecule has 0 bridgehead atoms. The molecule has 33 heavy (non-hydrogen) atoms. The lowest BCUT2D eigenvalue weighted by Crippen LogP contribution is -2.34. The summed E-state index contributed by atoms with van der Waals surface area (Å²) in [5, 5.41) is 5.38. The van der Waals surface area contributed by atoms with Gasteiger partial charge in [-0.1, -0.05) is 11.6 Å². The van der Waals surface area contributed by atoms with Crippen molar-refractivity contribution < 1.29 is 17.6 Å². The molecule has 1 aromatic carbocycles. The summed E-state index contributed by atoms with van der Waals surface area (Å²) < 4.78 is 41.9. The zero-order chi connectivity index (χ0) is 23.8. The molecule has 0 saturated heterocycles. The van der Waals surface area contributed by atoms with Gasteiger partial charge >= 0.3 is 6.03 Å². The number of nitrogens with one attached hydrogen (secondary N) is 3. The van der Waals surface area contributed by atoms with E-state index in [1.54, 1.807) is 30.0 Å². The minimum Gasteiger partial charge on any atom is -0.388 e. The highest BCUT2D eigenvalue weighted by atomic mass is 35.5. The number of hydrogen-bond donors (Lipinski definition) is 3. The topological polar surface area (TPSA) is 135 Å². The molecule has 4 rings (SSSR count). The number of anilines is 2.